The van der Waals surface area contributed by atoms with E-state index in [1.807, 2.05) is 13.8 Å². The third kappa shape index (κ3) is 2.14. The highest BCUT2D eigenvalue weighted by molar-refractivity contribution is 6.62. The summed E-state index contributed by atoms with van der Waals surface area (Å²) in [6.07, 6.45) is 1.55. The zero-order chi connectivity index (χ0) is 13.2. The van der Waals surface area contributed by atoms with Gasteiger partial charge >= 0.3 is 0 Å². The maximum absolute atomic E-state index is 12.2. The minimum absolute atomic E-state index is 0.0597. The molecule has 0 aromatic heterocycles. The number of Topliss-reactive ketones (excluding diaryl/α,β-unsaturated/α-hetero) is 2. The Balaban J connectivity index is 3.21. The number of halogens is 2. The van der Waals surface area contributed by atoms with Gasteiger partial charge in [0.1, 0.15) is 10.7 Å². The van der Waals surface area contributed by atoms with Gasteiger partial charge in [0.15, 0.2) is 4.87 Å². The summed E-state index contributed by atoms with van der Waals surface area (Å²) in [5.74, 6) is -0.939. The van der Waals surface area contributed by atoms with Gasteiger partial charge in [0.2, 0.25) is 11.6 Å². The molecule has 0 N–H and O–H groups in total. The third-order valence-electron chi connectivity index (χ3n) is 2.85. The lowest BCUT2D eigenvalue weighted by Gasteiger charge is -2.23. The third-order valence-corrected chi connectivity index (χ3v) is 3.70. The highest BCUT2D eigenvalue weighted by atomic mass is 35.5. The van der Waals surface area contributed by atoms with E-state index in [0.717, 1.165) is 0 Å². The Morgan fingerprint density at radius 1 is 1.29 bits per heavy atom. The summed E-state index contributed by atoms with van der Waals surface area (Å²) in [7, 11) is 0. The standard InChI is InChI=1S/C12H15Cl2NO2/c1-4-7-12(14)10(16)8(13)9(11(12)17)15(5-2)6-3/h4H,1,5-7H2,2-3H3/t12-/m0/s1. The van der Waals surface area contributed by atoms with Gasteiger partial charge < -0.3 is 4.90 Å². The summed E-state index contributed by atoms with van der Waals surface area (Å²) in [6, 6.07) is 0. The highest BCUT2D eigenvalue weighted by Gasteiger charge is 2.53. The van der Waals surface area contributed by atoms with Gasteiger partial charge in [0.05, 0.1) is 0 Å². The van der Waals surface area contributed by atoms with Crippen molar-refractivity contribution < 1.29 is 9.59 Å². The summed E-state index contributed by atoms with van der Waals surface area (Å²) >= 11 is 12.0. The Hall–Kier alpha value is -0.800. The molecule has 0 aliphatic heterocycles. The van der Waals surface area contributed by atoms with Crippen LogP contribution in [0.15, 0.2) is 23.4 Å². The van der Waals surface area contributed by atoms with Crippen molar-refractivity contribution in [3.05, 3.63) is 23.4 Å². The molecular weight excluding hydrogens is 261 g/mol. The number of rotatable bonds is 5. The molecule has 0 heterocycles. The Kier molecular flexibility index (Phi) is 4.39. The average molecular weight is 276 g/mol. The predicted molar refractivity (Wildman–Crippen MR) is 69.2 cm³/mol. The molecule has 94 valence electrons. The van der Waals surface area contributed by atoms with Gasteiger partial charge in [-0.15, -0.1) is 18.2 Å². The molecule has 0 bridgehead atoms. The smallest absolute Gasteiger partial charge is 0.209 e. The molecule has 1 aliphatic carbocycles. The van der Waals surface area contributed by atoms with Crippen LogP contribution in [0.3, 0.4) is 0 Å². The van der Waals surface area contributed by atoms with Crippen LogP contribution in [0.5, 0.6) is 0 Å². The molecule has 0 unspecified atom stereocenters. The molecule has 1 rings (SSSR count). The number of alkyl halides is 1. The molecule has 0 fully saturated rings. The maximum Gasteiger partial charge on any atom is 0.209 e. The predicted octanol–water partition coefficient (Wildman–Crippen LogP) is 2.48. The van der Waals surface area contributed by atoms with Gasteiger partial charge in [-0.3, -0.25) is 9.59 Å². The Morgan fingerprint density at radius 2 is 1.82 bits per heavy atom. The minimum Gasteiger partial charge on any atom is -0.368 e. The molecule has 0 amide bonds. The van der Waals surface area contributed by atoms with E-state index >= 15 is 0 Å². The van der Waals surface area contributed by atoms with Crippen LogP contribution in [-0.2, 0) is 9.59 Å². The fourth-order valence-electron chi connectivity index (χ4n) is 1.88. The molecule has 17 heavy (non-hydrogen) atoms. The van der Waals surface area contributed by atoms with Crippen molar-refractivity contribution in [2.75, 3.05) is 13.1 Å². The van der Waals surface area contributed by atoms with E-state index in [1.165, 1.54) is 6.08 Å². The Labute approximate surface area is 111 Å². The first kappa shape index (κ1) is 14.3. The van der Waals surface area contributed by atoms with Crippen LogP contribution in [0.4, 0.5) is 0 Å². The second-order valence-corrected chi connectivity index (χ2v) is 4.81. The second-order valence-electron chi connectivity index (χ2n) is 3.79. The van der Waals surface area contributed by atoms with Crippen LogP contribution in [-0.4, -0.2) is 34.4 Å². The van der Waals surface area contributed by atoms with Crippen molar-refractivity contribution in [2.24, 2.45) is 0 Å². The molecule has 0 radical (unpaired) electrons. The average Bonchev–Trinajstić information content (AvgIpc) is 2.47. The van der Waals surface area contributed by atoms with E-state index in [4.69, 9.17) is 23.2 Å². The first-order valence-corrected chi connectivity index (χ1v) is 6.23. The number of hydrogen-bond acceptors (Lipinski definition) is 3. The number of nitrogens with zero attached hydrogens (tertiary/aromatic N) is 1. The Morgan fingerprint density at radius 3 is 2.24 bits per heavy atom. The first-order chi connectivity index (χ1) is 7.93. The van der Waals surface area contributed by atoms with Crippen molar-refractivity contribution in [1.82, 2.24) is 4.90 Å². The van der Waals surface area contributed by atoms with E-state index in [1.54, 1.807) is 4.90 Å². The summed E-state index contributed by atoms with van der Waals surface area (Å²) in [5, 5.41) is -0.0597. The largest absolute Gasteiger partial charge is 0.368 e. The summed E-state index contributed by atoms with van der Waals surface area (Å²) < 4.78 is 0. The lowest BCUT2D eigenvalue weighted by molar-refractivity contribution is -0.125. The molecule has 0 saturated heterocycles. The van der Waals surface area contributed by atoms with Crippen LogP contribution >= 0.6 is 23.2 Å². The van der Waals surface area contributed by atoms with E-state index in [9.17, 15) is 9.59 Å². The van der Waals surface area contributed by atoms with Crippen LogP contribution in [0.1, 0.15) is 20.3 Å². The van der Waals surface area contributed by atoms with Gasteiger partial charge in [-0.2, -0.15) is 0 Å². The van der Waals surface area contributed by atoms with Gasteiger partial charge in [0, 0.05) is 13.1 Å². The quantitative estimate of drug-likeness (QED) is 0.440. The summed E-state index contributed by atoms with van der Waals surface area (Å²) in [4.78, 5) is 24.3. The number of carbonyl (C=O) groups excluding carboxylic acids is 2. The number of allylic oxidation sites excluding steroid dienone is 3. The molecule has 3 nitrogen and oxygen atoms in total. The van der Waals surface area contributed by atoms with E-state index in [2.05, 4.69) is 6.58 Å². The Bertz CT molecular complexity index is 399. The molecule has 0 saturated carbocycles. The topological polar surface area (TPSA) is 37.4 Å². The molecule has 0 spiro atoms. The lowest BCUT2D eigenvalue weighted by atomic mass is 9.99. The van der Waals surface area contributed by atoms with Crippen molar-refractivity contribution in [1.29, 1.82) is 0 Å². The fourth-order valence-corrected chi connectivity index (χ4v) is 2.59. The monoisotopic (exact) mass is 275 g/mol. The first-order valence-electron chi connectivity index (χ1n) is 5.48. The van der Waals surface area contributed by atoms with Crippen LogP contribution in [0.25, 0.3) is 0 Å². The molecule has 5 heteroatoms. The van der Waals surface area contributed by atoms with Crippen LogP contribution < -0.4 is 0 Å². The van der Waals surface area contributed by atoms with E-state index < -0.39 is 16.4 Å². The SMILES string of the molecule is C=CC[C@]1(Cl)C(=O)C(Cl)=C(N(CC)CC)C1=O. The molecule has 1 atom stereocenters. The van der Waals surface area contributed by atoms with Gasteiger partial charge in [0.25, 0.3) is 0 Å². The molecule has 1 aliphatic rings. The van der Waals surface area contributed by atoms with Gasteiger partial charge in [-0.05, 0) is 20.3 Å². The molecule has 0 aromatic carbocycles. The van der Waals surface area contributed by atoms with Crippen molar-refractivity contribution in [2.45, 2.75) is 25.1 Å². The van der Waals surface area contributed by atoms with E-state index in [0.29, 0.717) is 13.1 Å². The fraction of sp³-hybridized carbons (Fsp3) is 0.500. The number of carbonyl (C=O) groups is 2. The van der Waals surface area contributed by atoms with Crippen molar-refractivity contribution in [3.8, 4) is 0 Å². The number of likely N-dealkylation sites (N-methyl/N-ethyl adjacent to an activating group) is 1. The molecular formula is C12H15Cl2NO2. The lowest BCUT2D eigenvalue weighted by Crippen LogP contribution is -2.38. The molecule has 0 aromatic rings. The minimum atomic E-state index is -1.59. The van der Waals surface area contributed by atoms with Crippen molar-refractivity contribution >= 4 is 34.8 Å². The van der Waals surface area contributed by atoms with Gasteiger partial charge in [-0.1, -0.05) is 17.7 Å². The van der Waals surface area contributed by atoms with Crippen LogP contribution in [0.2, 0.25) is 0 Å². The summed E-state index contributed by atoms with van der Waals surface area (Å²) in [6.45, 7) is 8.49. The zero-order valence-electron chi connectivity index (χ0n) is 9.93. The highest BCUT2D eigenvalue weighted by Crippen LogP contribution is 2.39. The normalized spacial score (nSPS) is 24.5. The van der Waals surface area contributed by atoms with Crippen LogP contribution in [0, 0.1) is 0 Å². The number of ketones is 2. The zero-order valence-corrected chi connectivity index (χ0v) is 11.4. The summed E-state index contributed by atoms with van der Waals surface area (Å²) in [5.41, 5.74) is 0.235. The van der Waals surface area contributed by atoms with E-state index in [-0.39, 0.29) is 17.2 Å². The van der Waals surface area contributed by atoms with Gasteiger partial charge in [-0.25, -0.2) is 0 Å². The van der Waals surface area contributed by atoms with Crippen molar-refractivity contribution in [3.63, 3.8) is 0 Å². The number of hydrogen-bond donors (Lipinski definition) is 0. The maximum atomic E-state index is 12.2. The second kappa shape index (κ2) is 5.23.